The van der Waals surface area contributed by atoms with Crippen LogP contribution < -0.4 is 9.46 Å². The van der Waals surface area contributed by atoms with E-state index in [-0.39, 0.29) is 4.90 Å². The Morgan fingerprint density at radius 1 is 1.00 bits per heavy atom. The van der Waals surface area contributed by atoms with Crippen molar-refractivity contribution in [1.82, 2.24) is 4.72 Å². The largest absolute Gasteiger partial charge is 0.495 e. The van der Waals surface area contributed by atoms with Gasteiger partial charge in [-0.2, -0.15) is 0 Å². The first-order chi connectivity index (χ1) is 11.4. The lowest BCUT2D eigenvalue weighted by Crippen LogP contribution is -2.25. The maximum atomic E-state index is 12.5. The van der Waals surface area contributed by atoms with Gasteiger partial charge in [-0.15, -0.1) is 0 Å². The minimum Gasteiger partial charge on any atom is -0.495 e. The van der Waals surface area contributed by atoms with Crippen LogP contribution in [0.2, 0.25) is 0 Å². The Labute approximate surface area is 144 Å². The van der Waals surface area contributed by atoms with Crippen molar-refractivity contribution in [3.05, 3.63) is 59.2 Å². The molecule has 0 fully saturated rings. The highest BCUT2D eigenvalue weighted by Crippen LogP contribution is 2.27. The molecule has 0 aromatic heterocycles. The van der Waals surface area contributed by atoms with Crippen LogP contribution >= 0.6 is 0 Å². The molecule has 0 bridgehead atoms. The van der Waals surface area contributed by atoms with Gasteiger partial charge in [0.2, 0.25) is 10.0 Å². The maximum Gasteiger partial charge on any atom is 0.244 e. The molecule has 0 atom stereocenters. The molecule has 4 nitrogen and oxygen atoms in total. The van der Waals surface area contributed by atoms with Crippen molar-refractivity contribution in [3.63, 3.8) is 0 Å². The minimum atomic E-state index is -3.56. The molecule has 0 aliphatic heterocycles. The first kappa shape index (κ1) is 18.5. The Morgan fingerprint density at radius 2 is 1.67 bits per heavy atom. The fraction of sp³-hybridized carbons (Fsp3) is 0.368. The summed E-state index contributed by atoms with van der Waals surface area (Å²) in [4.78, 5) is 0.205. The van der Waals surface area contributed by atoms with E-state index in [9.17, 15) is 8.42 Å². The van der Waals surface area contributed by atoms with E-state index in [4.69, 9.17) is 4.74 Å². The Bertz CT molecular complexity index is 771. The average Bonchev–Trinajstić information content (AvgIpc) is 2.57. The molecule has 0 heterocycles. The highest BCUT2D eigenvalue weighted by atomic mass is 32.2. The van der Waals surface area contributed by atoms with Crippen LogP contribution in [-0.4, -0.2) is 22.1 Å². The number of unbranched alkanes of at least 4 members (excludes halogenated alkanes) is 1. The van der Waals surface area contributed by atoms with Gasteiger partial charge in [-0.05, 0) is 61.9 Å². The number of methoxy groups -OCH3 is 1. The first-order valence-electron chi connectivity index (χ1n) is 8.13. The Morgan fingerprint density at radius 3 is 2.33 bits per heavy atom. The minimum absolute atomic E-state index is 0.205. The molecule has 1 N–H and O–H groups in total. The van der Waals surface area contributed by atoms with Crippen molar-refractivity contribution < 1.29 is 13.2 Å². The van der Waals surface area contributed by atoms with Crippen molar-refractivity contribution in [2.75, 3.05) is 13.7 Å². The van der Waals surface area contributed by atoms with Crippen LogP contribution in [-0.2, 0) is 16.4 Å². The molecule has 2 aromatic rings. The second-order valence-corrected chi connectivity index (χ2v) is 7.66. The second kappa shape index (κ2) is 8.31. The molecule has 130 valence electrons. The highest BCUT2D eigenvalue weighted by Gasteiger charge is 2.20. The van der Waals surface area contributed by atoms with Gasteiger partial charge in [0.05, 0.1) is 7.11 Å². The lowest BCUT2D eigenvalue weighted by atomic mass is 10.1. The quantitative estimate of drug-likeness (QED) is 0.742. The summed E-state index contributed by atoms with van der Waals surface area (Å²) in [5, 5.41) is 0. The van der Waals surface area contributed by atoms with Gasteiger partial charge in [-0.25, -0.2) is 13.1 Å². The predicted octanol–water partition coefficient (Wildman–Crippen LogP) is 3.61. The van der Waals surface area contributed by atoms with E-state index in [1.165, 1.54) is 12.7 Å². The summed E-state index contributed by atoms with van der Waals surface area (Å²) < 4.78 is 32.9. The molecule has 0 amide bonds. The smallest absolute Gasteiger partial charge is 0.244 e. The average molecular weight is 347 g/mol. The van der Waals surface area contributed by atoms with Crippen LogP contribution in [0.15, 0.2) is 47.4 Å². The lowest BCUT2D eigenvalue weighted by Gasteiger charge is -2.13. The summed E-state index contributed by atoms with van der Waals surface area (Å²) in [7, 11) is -2.07. The molecule has 0 saturated heterocycles. The van der Waals surface area contributed by atoms with E-state index in [1.54, 1.807) is 12.1 Å². The van der Waals surface area contributed by atoms with E-state index in [0.717, 1.165) is 30.4 Å². The Balaban J connectivity index is 1.93. The van der Waals surface area contributed by atoms with E-state index >= 15 is 0 Å². The monoisotopic (exact) mass is 347 g/mol. The lowest BCUT2D eigenvalue weighted by molar-refractivity contribution is 0.401. The van der Waals surface area contributed by atoms with Crippen molar-refractivity contribution in [1.29, 1.82) is 0 Å². The third-order valence-electron chi connectivity index (χ3n) is 4.10. The topological polar surface area (TPSA) is 55.4 Å². The SMILES string of the molecule is COc1cc(C)c(C)cc1S(=O)(=O)NCCCCc1ccccc1. The summed E-state index contributed by atoms with van der Waals surface area (Å²) in [5.74, 6) is 0.384. The van der Waals surface area contributed by atoms with Crippen LogP contribution in [0.1, 0.15) is 29.5 Å². The van der Waals surface area contributed by atoms with Crippen molar-refractivity contribution in [2.45, 2.75) is 38.0 Å². The second-order valence-electron chi connectivity index (χ2n) is 5.93. The third kappa shape index (κ3) is 4.82. The molecule has 0 unspecified atom stereocenters. The summed E-state index contributed by atoms with van der Waals surface area (Å²) in [6.07, 6.45) is 2.69. The Kier molecular flexibility index (Phi) is 6.40. The predicted molar refractivity (Wildman–Crippen MR) is 97.0 cm³/mol. The van der Waals surface area contributed by atoms with Gasteiger partial charge in [0.1, 0.15) is 10.6 Å². The first-order valence-corrected chi connectivity index (χ1v) is 9.61. The standard InChI is InChI=1S/C19H25NO3S/c1-15-13-18(23-3)19(14-16(15)2)24(21,22)20-12-8-7-11-17-9-5-4-6-10-17/h4-6,9-10,13-14,20H,7-8,11-12H2,1-3H3. The summed E-state index contributed by atoms with van der Waals surface area (Å²) in [5.41, 5.74) is 3.21. The van der Waals surface area contributed by atoms with Gasteiger partial charge >= 0.3 is 0 Å². The van der Waals surface area contributed by atoms with Crippen LogP contribution in [0.4, 0.5) is 0 Å². The number of benzene rings is 2. The van der Waals surface area contributed by atoms with Crippen molar-refractivity contribution in [3.8, 4) is 5.75 Å². The van der Waals surface area contributed by atoms with Crippen molar-refractivity contribution >= 4 is 10.0 Å². The zero-order chi connectivity index (χ0) is 17.6. The number of aryl methyl sites for hydroxylation is 3. The van der Waals surface area contributed by atoms with Crippen molar-refractivity contribution in [2.24, 2.45) is 0 Å². The highest BCUT2D eigenvalue weighted by molar-refractivity contribution is 7.89. The number of ether oxygens (including phenoxy) is 1. The zero-order valence-corrected chi connectivity index (χ0v) is 15.3. The number of sulfonamides is 1. The van der Waals surface area contributed by atoms with E-state index < -0.39 is 10.0 Å². The molecule has 2 rings (SSSR count). The molecule has 24 heavy (non-hydrogen) atoms. The summed E-state index contributed by atoms with van der Waals surface area (Å²) >= 11 is 0. The van der Waals surface area contributed by atoms with Crippen LogP contribution in [0.3, 0.4) is 0 Å². The number of rotatable bonds is 8. The Hall–Kier alpha value is -1.85. The van der Waals surface area contributed by atoms with Crippen LogP contribution in [0.25, 0.3) is 0 Å². The van der Waals surface area contributed by atoms with Crippen LogP contribution in [0, 0.1) is 13.8 Å². The summed E-state index contributed by atoms with van der Waals surface area (Å²) in [6.45, 7) is 4.25. The molecule has 0 aliphatic rings. The van der Waals surface area contributed by atoms with Gasteiger partial charge in [-0.3, -0.25) is 0 Å². The molecular formula is C19H25NO3S. The van der Waals surface area contributed by atoms with E-state index in [0.29, 0.717) is 12.3 Å². The molecule has 0 spiro atoms. The number of nitrogens with one attached hydrogen (secondary N) is 1. The molecule has 0 saturated carbocycles. The zero-order valence-electron chi connectivity index (χ0n) is 14.5. The molecule has 5 heteroatoms. The van der Waals surface area contributed by atoms with Gasteiger partial charge in [0.25, 0.3) is 0 Å². The van der Waals surface area contributed by atoms with Crippen LogP contribution in [0.5, 0.6) is 5.75 Å². The third-order valence-corrected chi connectivity index (χ3v) is 5.58. The number of hydrogen-bond donors (Lipinski definition) is 1. The molecule has 2 aromatic carbocycles. The normalized spacial score (nSPS) is 11.5. The number of hydrogen-bond acceptors (Lipinski definition) is 3. The fourth-order valence-corrected chi connectivity index (χ4v) is 3.82. The fourth-order valence-electron chi connectivity index (χ4n) is 2.52. The van der Waals surface area contributed by atoms with Gasteiger partial charge in [0, 0.05) is 6.54 Å². The molecule has 0 aliphatic carbocycles. The van der Waals surface area contributed by atoms with E-state index in [2.05, 4.69) is 16.9 Å². The van der Waals surface area contributed by atoms with E-state index in [1.807, 2.05) is 32.0 Å². The summed E-state index contributed by atoms with van der Waals surface area (Å²) in [6, 6.07) is 13.6. The van der Waals surface area contributed by atoms with Gasteiger partial charge in [-0.1, -0.05) is 30.3 Å². The molecular weight excluding hydrogens is 322 g/mol. The van der Waals surface area contributed by atoms with Gasteiger partial charge in [0.15, 0.2) is 0 Å². The van der Waals surface area contributed by atoms with Gasteiger partial charge < -0.3 is 4.74 Å². The maximum absolute atomic E-state index is 12.5. The molecule has 0 radical (unpaired) electrons.